The number of hydrogen-bond acceptors (Lipinski definition) is 2. The molecule has 0 fully saturated rings. The van der Waals surface area contributed by atoms with Crippen molar-refractivity contribution in [2.24, 2.45) is 5.73 Å². The molecule has 4 nitrogen and oxygen atoms in total. The molecule has 0 aliphatic rings. The van der Waals surface area contributed by atoms with Crippen molar-refractivity contribution in [2.45, 2.75) is 0 Å². The van der Waals surface area contributed by atoms with Gasteiger partial charge in [-0.15, -0.1) is 0 Å². The Morgan fingerprint density at radius 2 is 1.90 bits per heavy atom. The summed E-state index contributed by atoms with van der Waals surface area (Å²) in [4.78, 5) is 14.5. The number of primary amides is 1. The number of carbonyl (C=O) groups is 1. The second-order valence-electron chi connectivity index (χ2n) is 4.53. The lowest BCUT2D eigenvalue weighted by molar-refractivity contribution is 0.100. The van der Waals surface area contributed by atoms with Crippen LogP contribution >= 0.6 is 11.6 Å². The molecule has 0 radical (unpaired) electrons. The second kappa shape index (κ2) is 4.58. The van der Waals surface area contributed by atoms with Crippen molar-refractivity contribution in [3.8, 4) is 11.1 Å². The van der Waals surface area contributed by atoms with Crippen LogP contribution in [-0.2, 0) is 0 Å². The zero-order chi connectivity index (χ0) is 14.3. The fourth-order valence-electron chi connectivity index (χ4n) is 2.35. The predicted octanol–water partition coefficient (Wildman–Crippen LogP) is 3.17. The van der Waals surface area contributed by atoms with Crippen LogP contribution < -0.4 is 11.5 Å². The summed E-state index contributed by atoms with van der Waals surface area (Å²) in [6.45, 7) is 0. The molecule has 0 atom stereocenters. The van der Waals surface area contributed by atoms with Crippen LogP contribution in [0.5, 0.6) is 0 Å². The minimum Gasteiger partial charge on any atom is -0.399 e. The number of nitrogens with two attached hydrogens (primary N) is 2. The van der Waals surface area contributed by atoms with Crippen LogP contribution in [-0.4, -0.2) is 10.9 Å². The molecular weight excluding hydrogens is 274 g/mol. The van der Waals surface area contributed by atoms with Gasteiger partial charge in [0.25, 0.3) is 5.91 Å². The number of amides is 1. The van der Waals surface area contributed by atoms with Crippen molar-refractivity contribution in [2.75, 3.05) is 5.73 Å². The first-order valence-electron chi connectivity index (χ1n) is 6.03. The molecule has 0 aliphatic carbocycles. The van der Waals surface area contributed by atoms with Gasteiger partial charge in [-0.3, -0.25) is 4.79 Å². The normalized spacial score (nSPS) is 10.8. The summed E-state index contributed by atoms with van der Waals surface area (Å²) in [5.74, 6) is -0.470. The molecule has 1 amide bonds. The summed E-state index contributed by atoms with van der Waals surface area (Å²) in [6, 6.07) is 10.7. The highest BCUT2D eigenvalue weighted by atomic mass is 35.5. The number of anilines is 1. The molecule has 100 valence electrons. The minimum atomic E-state index is -0.470. The summed E-state index contributed by atoms with van der Waals surface area (Å²) < 4.78 is 0. The van der Waals surface area contributed by atoms with Crippen LogP contribution in [0.3, 0.4) is 0 Å². The van der Waals surface area contributed by atoms with Crippen LogP contribution in [0.25, 0.3) is 22.0 Å². The van der Waals surface area contributed by atoms with E-state index in [9.17, 15) is 4.79 Å². The maximum atomic E-state index is 11.4. The van der Waals surface area contributed by atoms with Crippen molar-refractivity contribution in [1.82, 2.24) is 4.98 Å². The molecule has 1 aromatic heterocycles. The average Bonchev–Trinajstić information content (AvgIpc) is 2.89. The van der Waals surface area contributed by atoms with E-state index in [1.165, 1.54) is 0 Å². The molecule has 0 unspecified atom stereocenters. The Morgan fingerprint density at radius 1 is 1.10 bits per heavy atom. The Labute approximate surface area is 120 Å². The fourth-order valence-corrected chi connectivity index (χ4v) is 2.57. The molecule has 0 aliphatic heterocycles. The number of rotatable bonds is 2. The summed E-state index contributed by atoms with van der Waals surface area (Å²) in [5, 5.41) is 1.49. The Kier molecular flexibility index (Phi) is 2.88. The zero-order valence-electron chi connectivity index (χ0n) is 10.5. The van der Waals surface area contributed by atoms with Gasteiger partial charge in [0.2, 0.25) is 0 Å². The van der Waals surface area contributed by atoms with Crippen molar-refractivity contribution in [3.05, 3.63) is 53.2 Å². The minimum absolute atomic E-state index is 0.453. The number of fused-ring (bicyclic) bond motifs is 1. The first-order chi connectivity index (χ1) is 9.58. The summed E-state index contributed by atoms with van der Waals surface area (Å²) >= 11 is 6.24. The van der Waals surface area contributed by atoms with E-state index >= 15 is 0 Å². The van der Waals surface area contributed by atoms with Gasteiger partial charge in [0.05, 0.1) is 11.1 Å². The fraction of sp³-hybridized carbons (Fsp3) is 0. The Bertz CT molecular complexity index is 823. The SMILES string of the molecule is NC(=O)c1ccc(-c2cc(N)ccc2Cl)c2cc[nH]c12. The quantitative estimate of drug-likeness (QED) is 0.632. The van der Waals surface area contributed by atoms with Gasteiger partial charge in [0, 0.05) is 27.9 Å². The maximum Gasteiger partial charge on any atom is 0.250 e. The van der Waals surface area contributed by atoms with E-state index in [-0.39, 0.29) is 0 Å². The lowest BCUT2D eigenvalue weighted by atomic mass is 9.98. The maximum absolute atomic E-state index is 11.4. The summed E-state index contributed by atoms with van der Waals surface area (Å²) in [7, 11) is 0. The highest BCUT2D eigenvalue weighted by Gasteiger charge is 2.14. The van der Waals surface area contributed by atoms with Gasteiger partial charge in [-0.05, 0) is 35.9 Å². The molecule has 2 aromatic carbocycles. The van der Waals surface area contributed by atoms with Crippen molar-refractivity contribution >= 4 is 34.1 Å². The summed E-state index contributed by atoms with van der Waals surface area (Å²) in [5.41, 5.74) is 14.7. The molecule has 3 aromatic rings. The number of carbonyl (C=O) groups excluding carboxylic acids is 1. The van der Waals surface area contributed by atoms with Crippen LogP contribution in [0.1, 0.15) is 10.4 Å². The van der Waals surface area contributed by atoms with E-state index in [2.05, 4.69) is 4.98 Å². The number of nitrogen functional groups attached to an aromatic ring is 1. The monoisotopic (exact) mass is 285 g/mol. The van der Waals surface area contributed by atoms with E-state index in [1.54, 1.807) is 24.4 Å². The highest BCUT2D eigenvalue weighted by Crippen LogP contribution is 2.35. The number of nitrogens with one attached hydrogen (secondary N) is 1. The molecule has 0 spiro atoms. The van der Waals surface area contributed by atoms with Gasteiger partial charge in [-0.1, -0.05) is 17.7 Å². The number of halogens is 1. The van der Waals surface area contributed by atoms with Crippen LogP contribution in [0.2, 0.25) is 5.02 Å². The van der Waals surface area contributed by atoms with Crippen molar-refractivity contribution in [3.63, 3.8) is 0 Å². The third-order valence-corrected chi connectivity index (χ3v) is 3.60. The van der Waals surface area contributed by atoms with Gasteiger partial charge in [0.15, 0.2) is 0 Å². The summed E-state index contributed by atoms with van der Waals surface area (Å²) in [6.07, 6.45) is 1.76. The zero-order valence-corrected chi connectivity index (χ0v) is 11.2. The van der Waals surface area contributed by atoms with Gasteiger partial charge in [0.1, 0.15) is 0 Å². The first kappa shape index (κ1) is 12.6. The standard InChI is InChI=1S/C15H12ClN3O/c16-13-4-1-8(17)7-12(13)9-2-3-11(15(18)20)14-10(9)5-6-19-14/h1-7,19H,17H2,(H2,18,20). The Morgan fingerprint density at radius 3 is 2.65 bits per heavy atom. The predicted molar refractivity (Wildman–Crippen MR) is 81.7 cm³/mol. The molecule has 0 saturated heterocycles. The van der Waals surface area contributed by atoms with E-state index in [0.717, 1.165) is 16.5 Å². The van der Waals surface area contributed by atoms with Crippen LogP contribution in [0, 0.1) is 0 Å². The molecule has 5 N–H and O–H groups in total. The van der Waals surface area contributed by atoms with Gasteiger partial charge < -0.3 is 16.5 Å². The second-order valence-corrected chi connectivity index (χ2v) is 4.94. The smallest absolute Gasteiger partial charge is 0.250 e. The molecule has 1 heterocycles. The topological polar surface area (TPSA) is 84.9 Å². The van der Waals surface area contributed by atoms with Gasteiger partial charge in [-0.25, -0.2) is 0 Å². The molecule has 3 rings (SSSR count). The number of aromatic amines is 1. The lowest BCUT2D eigenvalue weighted by Gasteiger charge is -2.09. The molecule has 20 heavy (non-hydrogen) atoms. The van der Waals surface area contributed by atoms with Crippen molar-refractivity contribution in [1.29, 1.82) is 0 Å². The van der Waals surface area contributed by atoms with E-state index < -0.39 is 5.91 Å². The third kappa shape index (κ3) is 1.90. The van der Waals surface area contributed by atoms with E-state index in [1.807, 2.05) is 18.2 Å². The Balaban J connectivity index is 2.33. The number of hydrogen-bond donors (Lipinski definition) is 3. The molecule has 5 heteroatoms. The largest absolute Gasteiger partial charge is 0.399 e. The molecule has 0 bridgehead atoms. The van der Waals surface area contributed by atoms with E-state index in [4.69, 9.17) is 23.1 Å². The molecule has 0 saturated carbocycles. The molecular formula is C15H12ClN3O. The lowest BCUT2D eigenvalue weighted by Crippen LogP contribution is -2.11. The number of benzene rings is 2. The first-order valence-corrected chi connectivity index (χ1v) is 6.41. The van der Waals surface area contributed by atoms with Crippen LogP contribution in [0.4, 0.5) is 5.69 Å². The van der Waals surface area contributed by atoms with Crippen molar-refractivity contribution < 1.29 is 4.79 Å². The third-order valence-electron chi connectivity index (χ3n) is 3.27. The number of H-pyrrole nitrogens is 1. The number of aromatic nitrogens is 1. The Hall–Kier alpha value is -2.46. The van der Waals surface area contributed by atoms with Crippen LogP contribution in [0.15, 0.2) is 42.6 Å². The van der Waals surface area contributed by atoms with Gasteiger partial charge >= 0.3 is 0 Å². The average molecular weight is 286 g/mol. The highest BCUT2D eigenvalue weighted by molar-refractivity contribution is 6.34. The van der Waals surface area contributed by atoms with Gasteiger partial charge in [-0.2, -0.15) is 0 Å². The van der Waals surface area contributed by atoms with E-state index in [0.29, 0.717) is 21.8 Å².